The van der Waals surface area contributed by atoms with E-state index in [9.17, 15) is 9.59 Å². The third-order valence-electron chi connectivity index (χ3n) is 4.02. The van der Waals surface area contributed by atoms with Crippen molar-refractivity contribution in [1.82, 2.24) is 10.9 Å². The minimum absolute atomic E-state index is 0.0230. The van der Waals surface area contributed by atoms with Crippen molar-refractivity contribution in [3.63, 3.8) is 0 Å². The van der Waals surface area contributed by atoms with E-state index in [1.165, 1.54) is 0 Å². The zero-order chi connectivity index (χ0) is 21.6. The first kappa shape index (κ1) is 22.7. The lowest BCUT2D eigenvalue weighted by molar-refractivity contribution is -0.123. The summed E-state index contributed by atoms with van der Waals surface area (Å²) in [7, 11) is 0. The Morgan fingerprint density at radius 1 is 1.00 bits per heavy atom. The van der Waals surface area contributed by atoms with Gasteiger partial charge in [-0.15, -0.1) is 0 Å². The lowest BCUT2D eigenvalue weighted by atomic mass is 10.0. The van der Waals surface area contributed by atoms with E-state index in [-0.39, 0.29) is 18.6 Å². The van der Waals surface area contributed by atoms with Crippen molar-refractivity contribution in [3.05, 3.63) is 57.6 Å². The number of carbonyl (C=O) groups is 2. The molecule has 0 saturated carbocycles. The largest absolute Gasteiger partial charge is 0.490 e. The van der Waals surface area contributed by atoms with E-state index >= 15 is 0 Å². The zero-order valence-corrected chi connectivity index (χ0v) is 18.9. The summed E-state index contributed by atoms with van der Waals surface area (Å²) in [6, 6.07) is 10.9. The predicted molar refractivity (Wildman–Crippen MR) is 116 cm³/mol. The second kappa shape index (κ2) is 10.3. The highest BCUT2D eigenvalue weighted by Gasteiger charge is 2.13. The summed E-state index contributed by atoms with van der Waals surface area (Å²) in [4.78, 5) is 24.3. The first-order chi connectivity index (χ1) is 13.7. The average molecular weight is 463 g/mol. The van der Waals surface area contributed by atoms with Gasteiger partial charge in [0, 0.05) is 5.56 Å². The maximum Gasteiger partial charge on any atom is 0.276 e. The number of ether oxygens (including phenoxy) is 2. The highest BCUT2D eigenvalue weighted by molar-refractivity contribution is 9.10. The number of hydrogen-bond acceptors (Lipinski definition) is 4. The molecule has 0 aliphatic carbocycles. The Bertz CT molecular complexity index is 881. The van der Waals surface area contributed by atoms with Crippen LogP contribution in [0.3, 0.4) is 0 Å². The molecule has 0 bridgehead atoms. The summed E-state index contributed by atoms with van der Waals surface area (Å²) in [6.07, 6.45) is 0.0230. The van der Waals surface area contributed by atoms with Crippen molar-refractivity contribution >= 4 is 27.7 Å². The van der Waals surface area contributed by atoms with Gasteiger partial charge in [0.15, 0.2) is 6.61 Å². The summed E-state index contributed by atoms with van der Waals surface area (Å²) >= 11 is 3.39. The molecule has 0 fully saturated rings. The van der Waals surface area contributed by atoms with Crippen LogP contribution in [0.25, 0.3) is 0 Å². The highest BCUT2D eigenvalue weighted by atomic mass is 79.9. The minimum atomic E-state index is -0.451. The quantitative estimate of drug-likeness (QED) is 0.593. The monoisotopic (exact) mass is 462 g/mol. The average Bonchev–Trinajstić information content (AvgIpc) is 2.65. The molecule has 0 aliphatic rings. The number of hydrogen-bond donors (Lipinski definition) is 2. The molecule has 0 radical (unpaired) electrons. The van der Waals surface area contributed by atoms with Gasteiger partial charge in [0.2, 0.25) is 0 Å². The number of nitrogens with one attached hydrogen (secondary N) is 2. The van der Waals surface area contributed by atoms with E-state index in [2.05, 4.69) is 40.6 Å². The second-order valence-electron chi connectivity index (χ2n) is 7.30. The van der Waals surface area contributed by atoms with Gasteiger partial charge in [0.1, 0.15) is 11.5 Å². The van der Waals surface area contributed by atoms with Gasteiger partial charge < -0.3 is 9.47 Å². The third-order valence-corrected chi connectivity index (χ3v) is 4.64. The van der Waals surface area contributed by atoms with Crippen LogP contribution in [-0.2, 0) is 4.79 Å². The fourth-order valence-corrected chi connectivity index (χ4v) is 3.09. The standard InChI is InChI=1S/C22H27BrN2O4/c1-13(2)17-8-6-15(5)10-20(17)28-12-21(26)24-25-22(27)16-7-9-19(18(23)11-16)29-14(3)4/h6-11,13-14H,12H2,1-5H3,(H,24,26)(H,25,27). The number of halogens is 1. The highest BCUT2D eigenvalue weighted by Crippen LogP contribution is 2.28. The molecule has 2 aromatic carbocycles. The number of hydrazine groups is 1. The fraction of sp³-hybridized carbons (Fsp3) is 0.364. The first-order valence-electron chi connectivity index (χ1n) is 9.46. The van der Waals surface area contributed by atoms with Gasteiger partial charge in [-0.05, 0) is 78.0 Å². The lowest BCUT2D eigenvalue weighted by Gasteiger charge is -2.15. The normalized spacial score (nSPS) is 10.8. The maximum absolute atomic E-state index is 12.3. The van der Waals surface area contributed by atoms with E-state index in [1.54, 1.807) is 18.2 Å². The molecule has 2 amide bonds. The van der Waals surface area contributed by atoms with Crippen LogP contribution in [0, 0.1) is 6.92 Å². The summed E-state index contributed by atoms with van der Waals surface area (Å²) in [6.45, 7) is 9.74. The van der Waals surface area contributed by atoms with Crippen LogP contribution in [0.4, 0.5) is 0 Å². The van der Waals surface area contributed by atoms with Gasteiger partial charge in [-0.1, -0.05) is 26.0 Å². The van der Waals surface area contributed by atoms with Crippen molar-refractivity contribution in [2.75, 3.05) is 6.61 Å². The smallest absolute Gasteiger partial charge is 0.276 e. The number of amides is 2. The van der Waals surface area contributed by atoms with Crippen molar-refractivity contribution in [2.45, 2.75) is 46.6 Å². The third kappa shape index (κ3) is 6.78. The van der Waals surface area contributed by atoms with Gasteiger partial charge in [-0.2, -0.15) is 0 Å². The van der Waals surface area contributed by atoms with Crippen molar-refractivity contribution < 1.29 is 19.1 Å². The molecule has 0 aromatic heterocycles. The lowest BCUT2D eigenvalue weighted by Crippen LogP contribution is -2.43. The van der Waals surface area contributed by atoms with Crippen LogP contribution in [0.2, 0.25) is 0 Å². The van der Waals surface area contributed by atoms with Crippen LogP contribution >= 0.6 is 15.9 Å². The number of carbonyl (C=O) groups excluding carboxylic acids is 2. The molecule has 2 N–H and O–H groups in total. The zero-order valence-electron chi connectivity index (χ0n) is 17.3. The second-order valence-corrected chi connectivity index (χ2v) is 8.15. The number of rotatable bonds is 7. The van der Waals surface area contributed by atoms with Crippen molar-refractivity contribution in [2.24, 2.45) is 0 Å². The molecular formula is C22H27BrN2O4. The summed E-state index contributed by atoms with van der Waals surface area (Å²) in [5, 5.41) is 0. The SMILES string of the molecule is Cc1ccc(C(C)C)c(OCC(=O)NNC(=O)c2ccc(OC(C)C)c(Br)c2)c1. The van der Waals surface area contributed by atoms with Crippen LogP contribution in [-0.4, -0.2) is 24.5 Å². The Morgan fingerprint density at radius 3 is 2.34 bits per heavy atom. The fourth-order valence-electron chi connectivity index (χ4n) is 2.61. The van der Waals surface area contributed by atoms with Gasteiger partial charge >= 0.3 is 0 Å². The Labute approximate surface area is 180 Å². The molecule has 0 aliphatic heterocycles. The van der Waals surface area contributed by atoms with E-state index in [0.29, 0.717) is 21.5 Å². The molecule has 7 heteroatoms. The molecular weight excluding hydrogens is 436 g/mol. The van der Waals surface area contributed by atoms with Crippen LogP contribution in [0.15, 0.2) is 40.9 Å². The van der Waals surface area contributed by atoms with Gasteiger partial charge in [0.05, 0.1) is 10.6 Å². The Kier molecular flexibility index (Phi) is 8.08. The maximum atomic E-state index is 12.3. The van der Waals surface area contributed by atoms with Crippen LogP contribution in [0.1, 0.15) is 55.1 Å². The molecule has 156 valence electrons. The van der Waals surface area contributed by atoms with Crippen molar-refractivity contribution in [1.29, 1.82) is 0 Å². The van der Waals surface area contributed by atoms with Crippen molar-refractivity contribution in [3.8, 4) is 11.5 Å². The van der Waals surface area contributed by atoms with E-state index < -0.39 is 11.8 Å². The number of aryl methyl sites for hydroxylation is 1. The molecule has 6 nitrogen and oxygen atoms in total. The molecule has 0 atom stereocenters. The topological polar surface area (TPSA) is 76.7 Å². The Morgan fingerprint density at radius 2 is 1.72 bits per heavy atom. The van der Waals surface area contributed by atoms with Crippen LogP contribution in [0.5, 0.6) is 11.5 Å². The molecule has 0 heterocycles. The minimum Gasteiger partial charge on any atom is -0.490 e. The Balaban J connectivity index is 1.90. The van der Waals surface area contributed by atoms with Gasteiger partial charge in [0.25, 0.3) is 11.8 Å². The van der Waals surface area contributed by atoms with E-state index in [0.717, 1.165) is 11.1 Å². The Hall–Kier alpha value is -2.54. The molecule has 2 rings (SSSR count). The first-order valence-corrected chi connectivity index (χ1v) is 10.3. The molecule has 29 heavy (non-hydrogen) atoms. The summed E-state index contributed by atoms with van der Waals surface area (Å²) in [5.74, 6) is 0.704. The molecule has 0 unspecified atom stereocenters. The summed E-state index contributed by atoms with van der Waals surface area (Å²) in [5.41, 5.74) is 7.22. The van der Waals surface area contributed by atoms with E-state index in [1.807, 2.05) is 39.0 Å². The van der Waals surface area contributed by atoms with Gasteiger partial charge in [-0.3, -0.25) is 20.4 Å². The van der Waals surface area contributed by atoms with Gasteiger partial charge in [-0.25, -0.2) is 0 Å². The molecule has 0 saturated heterocycles. The summed E-state index contributed by atoms with van der Waals surface area (Å²) < 4.78 is 11.9. The predicted octanol–water partition coefficient (Wildman–Crippen LogP) is 4.51. The molecule has 0 spiro atoms. The number of benzene rings is 2. The molecule has 2 aromatic rings. The van der Waals surface area contributed by atoms with Crippen LogP contribution < -0.4 is 20.3 Å². The van der Waals surface area contributed by atoms with E-state index in [4.69, 9.17) is 9.47 Å².